The Balaban J connectivity index is 1.65. The van der Waals surface area contributed by atoms with Gasteiger partial charge in [-0.15, -0.1) is 0 Å². The number of hydrogen-bond donors (Lipinski definition) is 2. The smallest absolute Gasteiger partial charge is 0.258 e. The van der Waals surface area contributed by atoms with Crippen LogP contribution in [0.1, 0.15) is 46.9 Å². The Kier molecular flexibility index (Phi) is 6.12. The predicted octanol–water partition coefficient (Wildman–Crippen LogP) is 4.51. The standard InChI is InChI=1S/C28H28N6O2/c1-4-33-17-16-24(32-33)30-26(35)22-18-23-25(29-19(22)3)31-27(34(23)5-2)28(36,20-12-8-6-9-13-20)21-14-10-7-11-15-21/h6-18,36H,4-5H2,1-3H3,(H,30,32,35). The Bertz CT molecular complexity index is 1480. The van der Waals surface area contributed by atoms with E-state index in [1.807, 2.05) is 85.3 Å². The van der Waals surface area contributed by atoms with Gasteiger partial charge in [0.25, 0.3) is 5.91 Å². The topological polar surface area (TPSA) is 97.9 Å². The molecule has 0 atom stereocenters. The van der Waals surface area contributed by atoms with Crippen LogP contribution in [-0.2, 0) is 18.7 Å². The molecule has 0 radical (unpaired) electrons. The number of carbonyl (C=O) groups is 1. The monoisotopic (exact) mass is 480 g/mol. The molecule has 8 nitrogen and oxygen atoms in total. The maximum absolute atomic E-state index is 13.1. The summed E-state index contributed by atoms with van der Waals surface area (Å²) in [5.41, 5.74) is 2.00. The fourth-order valence-electron chi connectivity index (χ4n) is 4.54. The van der Waals surface area contributed by atoms with Crippen LogP contribution in [0.3, 0.4) is 0 Å². The molecule has 2 aromatic carbocycles. The van der Waals surface area contributed by atoms with Crippen molar-refractivity contribution in [1.29, 1.82) is 0 Å². The second-order valence-corrected chi connectivity index (χ2v) is 8.60. The summed E-state index contributed by atoms with van der Waals surface area (Å²) in [7, 11) is 0. The zero-order chi connectivity index (χ0) is 25.3. The molecule has 1 amide bonds. The van der Waals surface area contributed by atoms with Crippen LogP contribution in [0.15, 0.2) is 79.0 Å². The average Bonchev–Trinajstić information content (AvgIpc) is 3.52. The van der Waals surface area contributed by atoms with Crippen LogP contribution in [0.4, 0.5) is 5.82 Å². The molecule has 8 heteroatoms. The number of anilines is 1. The molecular formula is C28H28N6O2. The minimum Gasteiger partial charge on any atom is -0.373 e. The van der Waals surface area contributed by atoms with Crippen LogP contribution in [0.25, 0.3) is 11.2 Å². The normalized spacial score (nSPS) is 11.7. The number of amides is 1. The first kappa shape index (κ1) is 23.4. The highest BCUT2D eigenvalue weighted by atomic mass is 16.3. The van der Waals surface area contributed by atoms with Gasteiger partial charge in [-0.3, -0.25) is 9.48 Å². The molecule has 0 unspecified atom stereocenters. The van der Waals surface area contributed by atoms with Crippen LogP contribution in [-0.4, -0.2) is 35.3 Å². The largest absolute Gasteiger partial charge is 0.373 e. The fraction of sp³-hybridized carbons (Fsp3) is 0.214. The minimum absolute atomic E-state index is 0.296. The molecule has 0 saturated carbocycles. The molecule has 36 heavy (non-hydrogen) atoms. The maximum atomic E-state index is 13.1. The third-order valence-corrected chi connectivity index (χ3v) is 6.41. The summed E-state index contributed by atoms with van der Waals surface area (Å²) >= 11 is 0. The minimum atomic E-state index is -1.51. The second-order valence-electron chi connectivity index (χ2n) is 8.60. The average molecular weight is 481 g/mol. The van der Waals surface area contributed by atoms with E-state index in [2.05, 4.69) is 15.4 Å². The lowest BCUT2D eigenvalue weighted by Gasteiger charge is -2.29. The Hall–Kier alpha value is -4.30. The summed E-state index contributed by atoms with van der Waals surface area (Å²) < 4.78 is 3.67. The molecule has 0 spiro atoms. The van der Waals surface area contributed by atoms with Crippen LogP contribution in [0.5, 0.6) is 0 Å². The van der Waals surface area contributed by atoms with Gasteiger partial charge in [0, 0.05) is 25.4 Å². The Morgan fingerprint density at radius 2 is 1.58 bits per heavy atom. The summed E-state index contributed by atoms with van der Waals surface area (Å²) in [5.74, 6) is 0.632. The van der Waals surface area contributed by atoms with Crippen molar-refractivity contribution < 1.29 is 9.90 Å². The number of benzene rings is 2. The number of hydrogen-bond acceptors (Lipinski definition) is 5. The van der Waals surface area contributed by atoms with Gasteiger partial charge in [0.15, 0.2) is 22.9 Å². The zero-order valence-electron chi connectivity index (χ0n) is 20.5. The van der Waals surface area contributed by atoms with Crippen molar-refractivity contribution in [2.45, 2.75) is 39.5 Å². The number of rotatable bonds is 7. The quantitative estimate of drug-likeness (QED) is 0.357. The number of imidazole rings is 1. The second kappa shape index (κ2) is 9.39. The molecule has 0 fully saturated rings. The van der Waals surface area contributed by atoms with Crippen molar-refractivity contribution in [3.63, 3.8) is 0 Å². The van der Waals surface area contributed by atoms with E-state index in [4.69, 9.17) is 4.98 Å². The number of aliphatic hydroxyl groups is 1. The molecular weight excluding hydrogens is 452 g/mol. The van der Waals surface area contributed by atoms with Crippen LogP contribution >= 0.6 is 0 Å². The SMILES string of the molecule is CCn1ccc(NC(=O)c2cc3c(nc2C)nc(C(O)(c2ccccc2)c2ccccc2)n3CC)n1. The molecule has 0 bridgehead atoms. The predicted molar refractivity (Wildman–Crippen MR) is 139 cm³/mol. The van der Waals surface area contributed by atoms with Crippen molar-refractivity contribution in [2.24, 2.45) is 0 Å². The number of aromatic nitrogens is 5. The Morgan fingerprint density at radius 3 is 2.14 bits per heavy atom. The lowest BCUT2D eigenvalue weighted by molar-refractivity contribution is 0.102. The maximum Gasteiger partial charge on any atom is 0.258 e. The lowest BCUT2D eigenvalue weighted by Crippen LogP contribution is -2.32. The molecule has 2 N–H and O–H groups in total. The van der Waals surface area contributed by atoms with Crippen molar-refractivity contribution in [3.8, 4) is 0 Å². The summed E-state index contributed by atoms with van der Waals surface area (Å²) in [4.78, 5) is 22.6. The molecule has 3 heterocycles. The molecule has 0 aliphatic rings. The highest BCUT2D eigenvalue weighted by Gasteiger charge is 2.39. The van der Waals surface area contributed by atoms with Gasteiger partial charge >= 0.3 is 0 Å². The number of fused-ring (bicyclic) bond motifs is 1. The molecule has 3 aromatic heterocycles. The number of aryl methyl sites for hydroxylation is 3. The van der Waals surface area contributed by atoms with Gasteiger partial charge in [-0.1, -0.05) is 60.7 Å². The summed E-state index contributed by atoms with van der Waals surface area (Å²) in [6.45, 7) is 6.99. The van der Waals surface area contributed by atoms with Crippen LogP contribution in [0, 0.1) is 6.92 Å². The molecule has 0 aliphatic heterocycles. The summed E-state index contributed by atoms with van der Waals surface area (Å²) in [6, 6.07) is 22.5. The molecule has 0 saturated heterocycles. The number of nitrogens with one attached hydrogen (secondary N) is 1. The van der Waals surface area contributed by atoms with Crippen molar-refractivity contribution in [3.05, 3.63) is 107 Å². The van der Waals surface area contributed by atoms with Gasteiger partial charge in [0.05, 0.1) is 16.8 Å². The van der Waals surface area contributed by atoms with E-state index in [-0.39, 0.29) is 5.91 Å². The lowest BCUT2D eigenvalue weighted by atomic mass is 9.85. The summed E-state index contributed by atoms with van der Waals surface area (Å²) in [5, 5.41) is 19.5. The number of pyridine rings is 1. The number of carbonyl (C=O) groups excluding carboxylic acids is 1. The Morgan fingerprint density at radius 1 is 0.944 bits per heavy atom. The van der Waals surface area contributed by atoms with Crippen molar-refractivity contribution >= 4 is 22.9 Å². The molecule has 5 rings (SSSR count). The van der Waals surface area contributed by atoms with Crippen molar-refractivity contribution in [2.75, 3.05) is 5.32 Å². The van der Waals surface area contributed by atoms with Crippen molar-refractivity contribution in [1.82, 2.24) is 24.3 Å². The molecule has 5 aromatic rings. The van der Waals surface area contributed by atoms with Gasteiger partial charge in [-0.25, -0.2) is 9.97 Å². The highest BCUT2D eigenvalue weighted by molar-refractivity contribution is 6.06. The van der Waals surface area contributed by atoms with Gasteiger partial charge in [-0.05, 0) is 38.0 Å². The van der Waals surface area contributed by atoms with Gasteiger partial charge < -0.3 is 15.0 Å². The first-order valence-electron chi connectivity index (χ1n) is 12.0. The van der Waals surface area contributed by atoms with E-state index in [0.717, 1.165) is 0 Å². The van der Waals surface area contributed by atoms with Gasteiger partial charge in [0.2, 0.25) is 0 Å². The van der Waals surface area contributed by atoms with E-state index in [1.165, 1.54) is 0 Å². The van der Waals surface area contributed by atoms with E-state index in [9.17, 15) is 9.90 Å². The highest BCUT2D eigenvalue weighted by Crippen LogP contribution is 2.37. The van der Waals surface area contributed by atoms with E-state index < -0.39 is 5.60 Å². The molecule has 182 valence electrons. The Labute approximate surface area is 209 Å². The third kappa shape index (κ3) is 3.95. The van der Waals surface area contributed by atoms with Gasteiger partial charge in [-0.2, -0.15) is 5.10 Å². The fourth-order valence-corrected chi connectivity index (χ4v) is 4.54. The summed E-state index contributed by atoms with van der Waals surface area (Å²) in [6.07, 6.45) is 1.82. The third-order valence-electron chi connectivity index (χ3n) is 6.41. The van der Waals surface area contributed by atoms with E-state index in [1.54, 1.807) is 23.7 Å². The van der Waals surface area contributed by atoms with Gasteiger partial charge in [0.1, 0.15) is 0 Å². The number of nitrogens with zero attached hydrogens (tertiary/aromatic N) is 5. The molecule has 0 aliphatic carbocycles. The first-order valence-corrected chi connectivity index (χ1v) is 12.0. The van der Waals surface area contributed by atoms with Crippen LogP contribution < -0.4 is 5.32 Å². The zero-order valence-corrected chi connectivity index (χ0v) is 20.5. The van der Waals surface area contributed by atoms with E-state index >= 15 is 0 Å². The first-order chi connectivity index (χ1) is 17.5. The van der Waals surface area contributed by atoms with E-state index in [0.29, 0.717) is 58.3 Å². The van der Waals surface area contributed by atoms with Crippen LogP contribution in [0.2, 0.25) is 0 Å².